The lowest BCUT2D eigenvalue weighted by atomic mass is 10.1. The summed E-state index contributed by atoms with van der Waals surface area (Å²) in [6, 6.07) is 12.3. The van der Waals surface area contributed by atoms with Crippen molar-refractivity contribution in [3.8, 4) is 17.2 Å². The van der Waals surface area contributed by atoms with Crippen LogP contribution in [-0.4, -0.2) is 82.2 Å². The molecule has 166 valence electrons. The van der Waals surface area contributed by atoms with Crippen molar-refractivity contribution in [2.45, 2.75) is 0 Å². The Morgan fingerprint density at radius 3 is 2.03 bits per heavy atom. The molecule has 1 aliphatic heterocycles. The molecule has 0 spiro atoms. The first-order chi connectivity index (χ1) is 15.1. The molecule has 1 N–H and O–H groups in total. The minimum absolute atomic E-state index is 0.0956. The fourth-order valence-electron chi connectivity index (χ4n) is 3.57. The summed E-state index contributed by atoms with van der Waals surface area (Å²) in [6.07, 6.45) is 0. The largest absolute Gasteiger partial charge is 0.497 e. The zero-order valence-corrected chi connectivity index (χ0v) is 18.2. The number of carbonyl (C=O) groups excluding carboxylic acids is 2. The average molecular weight is 428 g/mol. The number of nitrogens with one attached hydrogen (secondary N) is 1. The molecule has 31 heavy (non-hydrogen) atoms. The van der Waals surface area contributed by atoms with Crippen LogP contribution >= 0.6 is 0 Å². The lowest BCUT2D eigenvalue weighted by Gasteiger charge is -2.35. The van der Waals surface area contributed by atoms with E-state index in [-0.39, 0.29) is 11.8 Å². The van der Waals surface area contributed by atoms with Gasteiger partial charge >= 0.3 is 0 Å². The Kier molecular flexibility index (Phi) is 7.72. The summed E-state index contributed by atoms with van der Waals surface area (Å²) >= 11 is 0. The van der Waals surface area contributed by atoms with Gasteiger partial charge in [0.2, 0.25) is 0 Å². The van der Waals surface area contributed by atoms with Crippen molar-refractivity contribution in [1.82, 2.24) is 15.1 Å². The van der Waals surface area contributed by atoms with E-state index in [1.54, 1.807) is 63.8 Å². The number of hydrogen-bond donors (Lipinski definition) is 1. The summed E-state index contributed by atoms with van der Waals surface area (Å²) in [4.78, 5) is 29.4. The van der Waals surface area contributed by atoms with Gasteiger partial charge in [0, 0.05) is 44.8 Å². The predicted molar refractivity (Wildman–Crippen MR) is 117 cm³/mol. The van der Waals surface area contributed by atoms with Crippen LogP contribution < -0.4 is 19.5 Å². The van der Waals surface area contributed by atoms with Crippen molar-refractivity contribution >= 4 is 11.8 Å². The number of methoxy groups -OCH3 is 3. The Balaban J connectivity index is 1.47. The fourth-order valence-corrected chi connectivity index (χ4v) is 3.57. The molecule has 2 aromatic carbocycles. The first-order valence-corrected chi connectivity index (χ1v) is 10.2. The van der Waals surface area contributed by atoms with E-state index in [0.717, 1.165) is 25.4 Å². The van der Waals surface area contributed by atoms with Crippen LogP contribution in [0, 0.1) is 0 Å². The Morgan fingerprint density at radius 2 is 1.48 bits per heavy atom. The number of piperazine rings is 1. The molecule has 0 unspecified atom stereocenters. The molecule has 0 bridgehead atoms. The zero-order valence-electron chi connectivity index (χ0n) is 18.2. The first kappa shape index (κ1) is 22.4. The molecule has 0 saturated carbocycles. The minimum Gasteiger partial charge on any atom is -0.497 e. The molecule has 8 heteroatoms. The van der Waals surface area contributed by atoms with E-state index in [1.807, 2.05) is 4.90 Å². The first-order valence-electron chi connectivity index (χ1n) is 10.2. The van der Waals surface area contributed by atoms with Crippen molar-refractivity contribution in [3.63, 3.8) is 0 Å². The van der Waals surface area contributed by atoms with Crippen LogP contribution in [0.2, 0.25) is 0 Å². The molecule has 1 heterocycles. The number of amides is 2. The maximum absolute atomic E-state index is 13.1. The number of nitrogens with zero attached hydrogens (tertiary/aromatic N) is 2. The summed E-state index contributed by atoms with van der Waals surface area (Å²) in [5.41, 5.74) is 1.05. The third-order valence-corrected chi connectivity index (χ3v) is 5.37. The van der Waals surface area contributed by atoms with E-state index in [2.05, 4.69) is 10.2 Å². The molecular weight excluding hydrogens is 398 g/mol. The molecule has 0 aromatic heterocycles. The van der Waals surface area contributed by atoms with Gasteiger partial charge in [0.05, 0.1) is 21.3 Å². The summed E-state index contributed by atoms with van der Waals surface area (Å²) in [7, 11) is 4.68. The average Bonchev–Trinajstić information content (AvgIpc) is 2.83. The quantitative estimate of drug-likeness (QED) is 0.693. The number of ether oxygens (including phenoxy) is 3. The topological polar surface area (TPSA) is 80.3 Å². The van der Waals surface area contributed by atoms with Crippen molar-refractivity contribution in [2.75, 3.05) is 60.6 Å². The van der Waals surface area contributed by atoms with Crippen LogP contribution in [-0.2, 0) is 0 Å². The highest BCUT2D eigenvalue weighted by Gasteiger charge is 2.27. The van der Waals surface area contributed by atoms with Gasteiger partial charge in [0.25, 0.3) is 11.8 Å². The Hall–Kier alpha value is -3.26. The standard InChI is InChI=1S/C23H29N3O5/c1-29-18-9-7-17(8-10-18)22(27)24-11-12-25-13-15-26(16-14-25)23(28)21-19(30-2)5-4-6-20(21)31-3/h4-10H,11-16H2,1-3H3,(H,24,27). The highest BCUT2D eigenvalue weighted by atomic mass is 16.5. The SMILES string of the molecule is COc1ccc(C(=O)NCCN2CCN(C(=O)c3c(OC)cccc3OC)CC2)cc1. The fraction of sp³-hybridized carbons (Fsp3) is 0.391. The maximum Gasteiger partial charge on any atom is 0.261 e. The van der Waals surface area contributed by atoms with Gasteiger partial charge in [-0.05, 0) is 36.4 Å². The van der Waals surface area contributed by atoms with Crippen molar-refractivity contribution in [3.05, 3.63) is 53.6 Å². The zero-order chi connectivity index (χ0) is 22.2. The van der Waals surface area contributed by atoms with Crippen LogP contribution in [0.15, 0.2) is 42.5 Å². The molecule has 0 atom stereocenters. The van der Waals surface area contributed by atoms with Crippen LogP contribution in [0.25, 0.3) is 0 Å². The van der Waals surface area contributed by atoms with Gasteiger partial charge in [-0.25, -0.2) is 0 Å². The molecule has 0 aliphatic carbocycles. The molecule has 8 nitrogen and oxygen atoms in total. The molecule has 1 aliphatic rings. The summed E-state index contributed by atoms with van der Waals surface area (Å²) in [6.45, 7) is 3.95. The summed E-state index contributed by atoms with van der Waals surface area (Å²) in [5.74, 6) is 1.53. The van der Waals surface area contributed by atoms with Crippen molar-refractivity contribution < 1.29 is 23.8 Å². The van der Waals surface area contributed by atoms with Gasteiger partial charge in [-0.15, -0.1) is 0 Å². The van der Waals surface area contributed by atoms with E-state index >= 15 is 0 Å². The van der Waals surface area contributed by atoms with Gasteiger partial charge in [0.1, 0.15) is 22.8 Å². The number of hydrogen-bond acceptors (Lipinski definition) is 6. The van der Waals surface area contributed by atoms with E-state index in [4.69, 9.17) is 14.2 Å². The molecule has 0 radical (unpaired) electrons. The number of carbonyl (C=O) groups is 2. The van der Waals surface area contributed by atoms with Gasteiger partial charge in [-0.3, -0.25) is 14.5 Å². The Bertz CT molecular complexity index is 870. The molecule has 1 fully saturated rings. The van der Waals surface area contributed by atoms with Gasteiger partial charge in [-0.1, -0.05) is 6.07 Å². The van der Waals surface area contributed by atoms with Gasteiger partial charge < -0.3 is 24.4 Å². The monoisotopic (exact) mass is 427 g/mol. The molecular formula is C23H29N3O5. The van der Waals surface area contributed by atoms with Crippen molar-refractivity contribution in [1.29, 1.82) is 0 Å². The normalized spacial score (nSPS) is 14.1. The lowest BCUT2D eigenvalue weighted by molar-refractivity contribution is 0.0631. The van der Waals surface area contributed by atoms with E-state index < -0.39 is 0 Å². The van der Waals surface area contributed by atoms with Gasteiger partial charge in [0.15, 0.2) is 0 Å². The second kappa shape index (κ2) is 10.7. The van der Waals surface area contributed by atoms with Crippen LogP contribution in [0.3, 0.4) is 0 Å². The predicted octanol–water partition coefficient (Wildman–Crippen LogP) is 1.90. The highest BCUT2D eigenvalue weighted by Crippen LogP contribution is 2.29. The molecule has 3 rings (SSSR count). The number of rotatable bonds is 8. The summed E-state index contributed by atoms with van der Waals surface area (Å²) < 4.78 is 15.8. The highest BCUT2D eigenvalue weighted by molar-refractivity contribution is 5.99. The van der Waals surface area contributed by atoms with E-state index in [9.17, 15) is 9.59 Å². The van der Waals surface area contributed by atoms with Crippen LogP contribution in [0.5, 0.6) is 17.2 Å². The van der Waals surface area contributed by atoms with E-state index in [1.165, 1.54) is 0 Å². The molecule has 1 saturated heterocycles. The summed E-state index contributed by atoms with van der Waals surface area (Å²) in [5, 5.41) is 2.94. The Labute approximate surface area is 182 Å². The van der Waals surface area contributed by atoms with Gasteiger partial charge in [-0.2, -0.15) is 0 Å². The second-order valence-electron chi connectivity index (χ2n) is 7.16. The molecule has 2 aromatic rings. The third-order valence-electron chi connectivity index (χ3n) is 5.37. The minimum atomic E-state index is -0.111. The second-order valence-corrected chi connectivity index (χ2v) is 7.16. The number of benzene rings is 2. The third kappa shape index (κ3) is 5.46. The van der Waals surface area contributed by atoms with Crippen molar-refractivity contribution in [2.24, 2.45) is 0 Å². The maximum atomic E-state index is 13.1. The Morgan fingerprint density at radius 1 is 0.871 bits per heavy atom. The molecule has 2 amide bonds. The van der Waals surface area contributed by atoms with Crippen LogP contribution in [0.1, 0.15) is 20.7 Å². The smallest absolute Gasteiger partial charge is 0.261 e. The van der Waals surface area contributed by atoms with E-state index in [0.29, 0.717) is 42.3 Å². The van der Waals surface area contributed by atoms with Crippen LogP contribution in [0.4, 0.5) is 0 Å². The lowest BCUT2D eigenvalue weighted by Crippen LogP contribution is -2.50.